The molecule has 0 aromatic heterocycles. The quantitative estimate of drug-likeness (QED) is 0.903. The molecule has 0 saturated heterocycles. The van der Waals surface area contributed by atoms with Crippen molar-refractivity contribution in [2.24, 2.45) is 0 Å². The molecule has 0 aliphatic rings. The second kappa shape index (κ2) is 7.84. The van der Waals surface area contributed by atoms with Crippen molar-refractivity contribution in [3.05, 3.63) is 59.7 Å². The van der Waals surface area contributed by atoms with Gasteiger partial charge in [-0.3, -0.25) is 10.6 Å². The smallest absolute Gasteiger partial charge is 0.411 e. The van der Waals surface area contributed by atoms with Crippen LogP contribution in [0.3, 0.4) is 0 Å². The second-order valence-corrected chi connectivity index (χ2v) is 4.76. The zero-order chi connectivity index (χ0) is 16.7. The van der Waals surface area contributed by atoms with E-state index in [4.69, 9.17) is 0 Å². The van der Waals surface area contributed by atoms with Crippen LogP contribution in [-0.4, -0.2) is 26.4 Å². The molecule has 0 radical (unpaired) electrons. The van der Waals surface area contributed by atoms with Gasteiger partial charge < -0.3 is 9.47 Å². The molecule has 23 heavy (non-hydrogen) atoms. The lowest BCUT2D eigenvalue weighted by atomic mass is 10.0. The average Bonchev–Trinajstić information content (AvgIpc) is 2.58. The molecule has 2 aromatic carbocycles. The lowest BCUT2D eigenvalue weighted by Crippen LogP contribution is -2.12. The number of amides is 2. The van der Waals surface area contributed by atoms with Crippen LogP contribution in [0.5, 0.6) is 0 Å². The summed E-state index contributed by atoms with van der Waals surface area (Å²) in [7, 11) is 2.64. The number of carbonyl (C=O) groups is 2. The highest BCUT2D eigenvalue weighted by molar-refractivity contribution is 5.86. The van der Waals surface area contributed by atoms with Gasteiger partial charge in [-0.15, -0.1) is 0 Å². The summed E-state index contributed by atoms with van der Waals surface area (Å²) in [6.45, 7) is 0. The van der Waals surface area contributed by atoms with Gasteiger partial charge in [-0.2, -0.15) is 0 Å². The number of nitrogens with one attached hydrogen (secondary N) is 2. The Morgan fingerprint density at radius 3 is 2.13 bits per heavy atom. The molecular formula is C17H18N2O4. The number of hydrogen-bond acceptors (Lipinski definition) is 4. The van der Waals surface area contributed by atoms with Gasteiger partial charge in [0.2, 0.25) is 0 Å². The number of carbonyl (C=O) groups excluding carboxylic acids is 2. The molecule has 0 fully saturated rings. The third kappa shape index (κ3) is 4.74. The molecule has 120 valence electrons. The minimum Gasteiger partial charge on any atom is -0.453 e. The van der Waals surface area contributed by atoms with E-state index in [1.807, 2.05) is 36.4 Å². The molecule has 0 spiro atoms. The molecule has 2 rings (SSSR count). The zero-order valence-electron chi connectivity index (χ0n) is 13.0. The summed E-state index contributed by atoms with van der Waals surface area (Å²) < 4.78 is 9.16. The van der Waals surface area contributed by atoms with Crippen LogP contribution in [0.15, 0.2) is 48.5 Å². The van der Waals surface area contributed by atoms with Crippen LogP contribution in [0.2, 0.25) is 0 Å². The summed E-state index contributed by atoms with van der Waals surface area (Å²) in [4.78, 5) is 22.5. The van der Waals surface area contributed by atoms with E-state index in [1.54, 1.807) is 12.1 Å². The van der Waals surface area contributed by atoms with Gasteiger partial charge in [-0.25, -0.2) is 9.59 Å². The lowest BCUT2D eigenvalue weighted by molar-refractivity contribution is 0.186. The van der Waals surface area contributed by atoms with Gasteiger partial charge >= 0.3 is 12.2 Å². The Morgan fingerprint density at radius 2 is 1.48 bits per heavy atom. The predicted octanol–water partition coefficient (Wildman–Crippen LogP) is 3.63. The first kappa shape index (κ1) is 16.4. The van der Waals surface area contributed by atoms with Gasteiger partial charge in [0.15, 0.2) is 0 Å². The Balaban J connectivity index is 2.10. The zero-order valence-corrected chi connectivity index (χ0v) is 13.0. The van der Waals surface area contributed by atoms with E-state index in [0.717, 1.165) is 11.1 Å². The minimum atomic E-state index is -0.509. The molecule has 2 aromatic rings. The molecule has 6 heteroatoms. The van der Waals surface area contributed by atoms with E-state index < -0.39 is 12.2 Å². The second-order valence-electron chi connectivity index (χ2n) is 4.76. The summed E-state index contributed by atoms with van der Waals surface area (Å²) in [5, 5.41) is 5.28. The van der Waals surface area contributed by atoms with Crippen molar-refractivity contribution in [2.75, 3.05) is 24.9 Å². The van der Waals surface area contributed by atoms with E-state index in [9.17, 15) is 9.59 Å². The maximum absolute atomic E-state index is 11.4. The van der Waals surface area contributed by atoms with Gasteiger partial charge in [0.05, 0.1) is 14.2 Å². The fourth-order valence-corrected chi connectivity index (χ4v) is 2.05. The van der Waals surface area contributed by atoms with Crippen LogP contribution in [-0.2, 0) is 15.9 Å². The van der Waals surface area contributed by atoms with Gasteiger partial charge in [0.1, 0.15) is 0 Å². The van der Waals surface area contributed by atoms with E-state index >= 15 is 0 Å². The number of ether oxygens (including phenoxy) is 2. The Hall–Kier alpha value is -3.02. The van der Waals surface area contributed by atoms with Crippen LogP contribution in [0, 0.1) is 0 Å². The fourth-order valence-electron chi connectivity index (χ4n) is 2.05. The molecule has 0 aliphatic carbocycles. The number of anilines is 2. The first-order valence-corrected chi connectivity index (χ1v) is 6.99. The third-order valence-corrected chi connectivity index (χ3v) is 3.22. The topological polar surface area (TPSA) is 76.7 Å². The van der Waals surface area contributed by atoms with Gasteiger partial charge in [-0.1, -0.05) is 30.3 Å². The highest BCUT2D eigenvalue weighted by Crippen LogP contribution is 2.20. The van der Waals surface area contributed by atoms with Gasteiger partial charge in [0.25, 0.3) is 0 Å². The molecule has 2 N–H and O–H groups in total. The highest BCUT2D eigenvalue weighted by atomic mass is 16.5. The number of benzene rings is 2. The maximum Gasteiger partial charge on any atom is 0.411 e. The Bertz CT molecular complexity index is 683. The molecule has 0 bridgehead atoms. The molecule has 0 atom stereocenters. The van der Waals surface area contributed by atoms with Crippen molar-refractivity contribution in [1.82, 2.24) is 0 Å². The van der Waals surface area contributed by atoms with Crippen molar-refractivity contribution in [3.63, 3.8) is 0 Å². The van der Waals surface area contributed by atoms with Crippen LogP contribution in [0.25, 0.3) is 0 Å². The maximum atomic E-state index is 11.4. The first-order chi connectivity index (χ1) is 11.1. The standard InChI is InChI=1S/C17H18N2O4/c1-22-16(20)18-14-9-7-12(8-10-14)11-13-5-3-4-6-15(13)19-17(21)23-2/h3-10H,11H2,1-2H3,(H,18,20)(H,19,21). The number of para-hydroxylation sites is 1. The number of hydrogen-bond donors (Lipinski definition) is 2. The summed E-state index contributed by atoms with van der Waals surface area (Å²) in [6, 6.07) is 14.9. The SMILES string of the molecule is COC(=O)Nc1ccc(Cc2ccccc2NC(=O)OC)cc1. The van der Waals surface area contributed by atoms with E-state index in [-0.39, 0.29) is 0 Å². The number of methoxy groups -OCH3 is 2. The van der Waals surface area contributed by atoms with E-state index in [1.165, 1.54) is 14.2 Å². The van der Waals surface area contributed by atoms with Crippen LogP contribution < -0.4 is 10.6 Å². The van der Waals surface area contributed by atoms with Crippen molar-refractivity contribution in [3.8, 4) is 0 Å². The van der Waals surface area contributed by atoms with Crippen LogP contribution >= 0.6 is 0 Å². The summed E-state index contributed by atoms with van der Waals surface area (Å²) >= 11 is 0. The van der Waals surface area contributed by atoms with E-state index in [2.05, 4.69) is 20.1 Å². The molecule has 0 saturated carbocycles. The Kier molecular flexibility index (Phi) is 5.57. The van der Waals surface area contributed by atoms with Gasteiger partial charge in [0, 0.05) is 11.4 Å². The van der Waals surface area contributed by atoms with Crippen molar-refractivity contribution >= 4 is 23.6 Å². The van der Waals surface area contributed by atoms with Gasteiger partial charge in [-0.05, 0) is 35.7 Å². The van der Waals surface area contributed by atoms with Crippen LogP contribution in [0.1, 0.15) is 11.1 Å². The van der Waals surface area contributed by atoms with Crippen molar-refractivity contribution in [1.29, 1.82) is 0 Å². The lowest BCUT2D eigenvalue weighted by Gasteiger charge is -2.11. The largest absolute Gasteiger partial charge is 0.453 e. The normalized spacial score (nSPS) is 9.83. The summed E-state index contributed by atoms with van der Waals surface area (Å²) in [5.74, 6) is 0. The predicted molar refractivity (Wildman–Crippen MR) is 87.7 cm³/mol. The third-order valence-electron chi connectivity index (χ3n) is 3.22. The van der Waals surface area contributed by atoms with Crippen molar-refractivity contribution < 1.29 is 19.1 Å². The number of rotatable bonds is 4. The first-order valence-electron chi connectivity index (χ1n) is 6.99. The molecule has 0 unspecified atom stereocenters. The van der Waals surface area contributed by atoms with Crippen LogP contribution in [0.4, 0.5) is 21.0 Å². The molecular weight excluding hydrogens is 296 g/mol. The summed E-state index contributed by atoms with van der Waals surface area (Å²) in [6.07, 6.45) is -0.376. The van der Waals surface area contributed by atoms with E-state index in [0.29, 0.717) is 17.8 Å². The fraction of sp³-hybridized carbons (Fsp3) is 0.176. The molecule has 6 nitrogen and oxygen atoms in total. The monoisotopic (exact) mass is 314 g/mol. The highest BCUT2D eigenvalue weighted by Gasteiger charge is 2.07. The molecule has 2 amide bonds. The Labute approximate surface area is 134 Å². The molecule has 0 heterocycles. The summed E-state index contributed by atoms with van der Waals surface area (Å²) in [5.41, 5.74) is 3.36. The Morgan fingerprint density at radius 1 is 0.870 bits per heavy atom. The average molecular weight is 314 g/mol. The minimum absolute atomic E-state index is 0.505. The molecule has 0 aliphatic heterocycles. The van der Waals surface area contributed by atoms with Crippen molar-refractivity contribution in [2.45, 2.75) is 6.42 Å².